The first kappa shape index (κ1) is 10.2. The van der Waals surface area contributed by atoms with E-state index in [9.17, 15) is 4.21 Å². The minimum Gasteiger partial charge on any atom is -0.495 e. The van der Waals surface area contributed by atoms with Crippen LogP contribution in [0.25, 0.3) is 0 Å². The number of methoxy groups -OCH3 is 1. The van der Waals surface area contributed by atoms with E-state index < -0.39 is 11.1 Å². The monoisotopic (exact) mass is 200 g/mol. The van der Waals surface area contributed by atoms with Crippen molar-refractivity contribution in [3.8, 4) is 5.75 Å². The lowest BCUT2D eigenvalue weighted by molar-refractivity contribution is 0.401. The van der Waals surface area contributed by atoms with Crippen molar-refractivity contribution in [2.75, 3.05) is 7.11 Å². The van der Waals surface area contributed by atoms with Crippen LogP contribution in [0.4, 0.5) is 0 Å². The van der Waals surface area contributed by atoms with Gasteiger partial charge in [0.1, 0.15) is 10.6 Å². The Balaban J connectivity index is 3.33. The Bertz CT molecular complexity index is 347. The largest absolute Gasteiger partial charge is 0.495 e. The zero-order valence-corrected chi connectivity index (χ0v) is 8.64. The molecule has 0 aromatic heterocycles. The van der Waals surface area contributed by atoms with E-state index in [0.29, 0.717) is 10.6 Å². The molecule has 0 bridgehead atoms. The standard InChI is InChI=1S/C9H12O3S/c1-6-4-8(12-3)9(13(10)11)5-7(6)2/h4-5H,1-3H3,(H,10,11). The highest BCUT2D eigenvalue weighted by molar-refractivity contribution is 7.79. The van der Waals surface area contributed by atoms with Crippen LogP contribution in [0.2, 0.25) is 0 Å². The van der Waals surface area contributed by atoms with E-state index in [4.69, 9.17) is 9.29 Å². The van der Waals surface area contributed by atoms with Crippen LogP contribution in [-0.2, 0) is 11.1 Å². The summed E-state index contributed by atoms with van der Waals surface area (Å²) in [7, 11) is 1.49. The lowest BCUT2D eigenvalue weighted by Gasteiger charge is -2.08. The molecule has 1 rings (SSSR count). The summed E-state index contributed by atoms with van der Waals surface area (Å²) in [6, 6.07) is 3.43. The van der Waals surface area contributed by atoms with Crippen LogP contribution in [-0.4, -0.2) is 15.9 Å². The SMILES string of the molecule is COc1cc(C)c(C)cc1S(=O)O. The van der Waals surface area contributed by atoms with E-state index in [1.165, 1.54) is 7.11 Å². The molecule has 0 aliphatic carbocycles. The summed E-state index contributed by atoms with van der Waals surface area (Å²) in [5.74, 6) is 0.462. The fourth-order valence-corrected chi connectivity index (χ4v) is 1.65. The lowest BCUT2D eigenvalue weighted by atomic mass is 10.1. The number of hydrogen-bond donors (Lipinski definition) is 1. The van der Waals surface area contributed by atoms with Crippen LogP contribution in [0.3, 0.4) is 0 Å². The van der Waals surface area contributed by atoms with E-state index in [0.717, 1.165) is 11.1 Å². The van der Waals surface area contributed by atoms with Crippen LogP contribution in [0.1, 0.15) is 11.1 Å². The third-order valence-electron chi connectivity index (χ3n) is 1.97. The maximum absolute atomic E-state index is 10.9. The molecule has 0 aliphatic heterocycles. The summed E-state index contributed by atoms with van der Waals surface area (Å²) >= 11 is -1.98. The average Bonchev–Trinajstić information content (AvgIpc) is 2.08. The predicted molar refractivity (Wildman–Crippen MR) is 51.5 cm³/mol. The first-order chi connectivity index (χ1) is 6.06. The second kappa shape index (κ2) is 3.89. The predicted octanol–water partition coefficient (Wildman–Crippen LogP) is 1.89. The van der Waals surface area contributed by atoms with E-state index in [1.807, 2.05) is 13.8 Å². The summed E-state index contributed by atoms with van der Waals surface area (Å²) in [5, 5.41) is 0. The van der Waals surface area contributed by atoms with Crippen molar-refractivity contribution in [3.63, 3.8) is 0 Å². The van der Waals surface area contributed by atoms with Crippen molar-refractivity contribution in [2.24, 2.45) is 0 Å². The van der Waals surface area contributed by atoms with E-state index in [1.54, 1.807) is 12.1 Å². The van der Waals surface area contributed by atoms with Crippen LogP contribution in [0, 0.1) is 13.8 Å². The van der Waals surface area contributed by atoms with Gasteiger partial charge in [0, 0.05) is 0 Å². The van der Waals surface area contributed by atoms with E-state index >= 15 is 0 Å². The quantitative estimate of drug-likeness (QED) is 0.741. The van der Waals surface area contributed by atoms with Crippen molar-refractivity contribution >= 4 is 11.1 Å². The highest BCUT2D eigenvalue weighted by Gasteiger charge is 2.10. The molecular formula is C9H12O3S. The van der Waals surface area contributed by atoms with Crippen LogP contribution >= 0.6 is 0 Å². The molecular weight excluding hydrogens is 188 g/mol. The number of benzene rings is 1. The van der Waals surface area contributed by atoms with Crippen molar-refractivity contribution in [3.05, 3.63) is 23.3 Å². The zero-order valence-electron chi connectivity index (χ0n) is 7.83. The van der Waals surface area contributed by atoms with Gasteiger partial charge in [-0.1, -0.05) is 0 Å². The molecule has 1 aromatic rings. The number of hydrogen-bond acceptors (Lipinski definition) is 2. The molecule has 0 saturated heterocycles. The summed E-state index contributed by atoms with van der Waals surface area (Å²) in [6.45, 7) is 3.83. The molecule has 3 nitrogen and oxygen atoms in total. The smallest absolute Gasteiger partial charge is 0.190 e. The van der Waals surface area contributed by atoms with Crippen molar-refractivity contribution in [1.29, 1.82) is 0 Å². The second-order valence-corrected chi connectivity index (χ2v) is 3.77. The molecule has 0 saturated carbocycles. The van der Waals surface area contributed by atoms with Gasteiger partial charge in [0.25, 0.3) is 0 Å². The Morgan fingerprint density at radius 3 is 2.31 bits per heavy atom. The minimum atomic E-state index is -1.98. The molecule has 1 aromatic carbocycles. The Kier molecular flexibility index (Phi) is 3.06. The van der Waals surface area contributed by atoms with Crippen LogP contribution < -0.4 is 4.74 Å². The molecule has 13 heavy (non-hydrogen) atoms. The van der Waals surface area contributed by atoms with Gasteiger partial charge in [-0.15, -0.1) is 0 Å². The summed E-state index contributed by atoms with van der Waals surface area (Å²) in [5.41, 5.74) is 2.03. The van der Waals surface area contributed by atoms with Gasteiger partial charge < -0.3 is 9.29 Å². The molecule has 0 fully saturated rings. The van der Waals surface area contributed by atoms with Gasteiger partial charge in [0.15, 0.2) is 11.1 Å². The Morgan fingerprint density at radius 1 is 1.31 bits per heavy atom. The molecule has 1 unspecified atom stereocenters. The first-order valence-corrected chi connectivity index (χ1v) is 4.93. The van der Waals surface area contributed by atoms with Crippen molar-refractivity contribution in [2.45, 2.75) is 18.7 Å². The van der Waals surface area contributed by atoms with Gasteiger partial charge in [-0.2, -0.15) is 0 Å². The highest BCUT2D eigenvalue weighted by Crippen LogP contribution is 2.25. The molecule has 0 spiro atoms. The molecule has 0 heterocycles. The Morgan fingerprint density at radius 2 is 1.85 bits per heavy atom. The maximum Gasteiger partial charge on any atom is 0.190 e. The number of ether oxygens (including phenoxy) is 1. The highest BCUT2D eigenvalue weighted by atomic mass is 32.2. The minimum absolute atomic E-state index is 0.325. The maximum atomic E-state index is 10.9. The molecule has 1 N–H and O–H groups in total. The van der Waals surface area contributed by atoms with Gasteiger partial charge in [0.2, 0.25) is 0 Å². The average molecular weight is 200 g/mol. The van der Waals surface area contributed by atoms with Gasteiger partial charge in [-0.05, 0) is 37.1 Å². The molecule has 0 amide bonds. The van der Waals surface area contributed by atoms with Crippen LogP contribution in [0.5, 0.6) is 5.75 Å². The third-order valence-corrected chi connectivity index (χ3v) is 2.66. The fourth-order valence-electron chi connectivity index (χ4n) is 1.06. The number of aryl methyl sites for hydroxylation is 2. The molecule has 1 atom stereocenters. The normalized spacial score (nSPS) is 12.6. The first-order valence-electron chi connectivity index (χ1n) is 3.82. The van der Waals surface area contributed by atoms with Gasteiger partial charge in [-0.25, -0.2) is 4.21 Å². The molecule has 4 heteroatoms. The third kappa shape index (κ3) is 2.08. The van der Waals surface area contributed by atoms with Gasteiger partial charge in [0.05, 0.1) is 7.11 Å². The number of rotatable bonds is 2. The molecule has 0 radical (unpaired) electrons. The Labute approximate surface area is 80.0 Å². The lowest BCUT2D eigenvalue weighted by Crippen LogP contribution is -1.96. The molecule has 72 valence electrons. The summed E-state index contributed by atoms with van der Waals surface area (Å²) in [4.78, 5) is 0.325. The second-order valence-electron chi connectivity index (χ2n) is 2.84. The van der Waals surface area contributed by atoms with Gasteiger partial charge in [-0.3, -0.25) is 0 Å². The van der Waals surface area contributed by atoms with Crippen molar-refractivity contribution < 1.29 is 13.5 Å². The summed E-state index contributed by atoms with van der Waals surface area (Å²) in [6.07, 6.45) is 0. The van der Waals surface area contributed by atoms with E-state index in [-0.39, 0.29) is 0 Å². The topological polar surface area (TPSA) is 46.5 Å². The van der Waals surface area contributed by atoms with Crippen molar-refractivity contribution in [1.82, 2.24) is 0 Å². The fraction of sp³-hybridized carbons (Fsp3) is 0.333. The van der Waals surface area contributed by atoms with E-state index in [2.05, 4.69) is 0 Å². The Hall–Kier alpha value is -0.870. The zero-order chi connectivity index (χ0) is 10.0. The van der Waals surface area contributed by atoms with Crippen LogP contribution in [0.15, 0.2) is 17.0 Å². The van der Waals surface area contributed by atoms with Gasteiger partial charge >= 0.3 is 0 Å². The summed E-state index contributed by atoms with van der Waals surface area (Å²) < 4.78 is 24.8. The molecule has 0 aliphatic rings.